The van der Waals surface area contributed by atoms with E-state index in [1.807, 2.05) is 0 Å². The van der Waals surface area contributed by atoms with Crippen molar-refractivity contribution >= 4 is 46.9 Å². The number of carbonyl (C=O) groups excluding carboxylic acids is 2. The number of furan rings is 1. The van der Waals surface area contributed by atoms with E-state index in [1.165, 1.54) is 12.2 Å². The Morgan fingerprint density at radius 1 is 0.630 bits per heavy atom. The molecule has 0 saturated carbocycles. The van der Waals surface area contributed by atoms with Crippen LogP contribution in [0.5, 0.6) is 0 Å². The van der Waals surface area contributed by atoms with Crippen molar-refractivity contribution in [1.29, 1.82) is 0 Å². The van der Waals surface area contributed by atoms with Crippen LogP contribution in [0.4, 0.5) is 0 Å². The minimum atomic E-state index is -0.155. The molecule has 1 heterocycles. The molecule has 0 amide bonds. The molecule has 27 heavy (non-hydrogen) atoms. The summed E-state index contributed by atoms with van der Waals surface area (Å²) in [5, 5.41) is 1.15. The number of ketones is 2. The van der Waals surface area contributed by atoms with Crippen LogP contribution in [0.3, 0.4) is 0 Å². The average molecular weight is 397 g/mol. The molecule has 0 N–H and O–H groups in total. The quantitative estimate of drug-likeness (QED) is 0.358. The Bertz CT molecular complexity index is 928. The van der Waals surface area contributed by atoms with Crippen LogP contribution < -0.4 is 0 Å². The molecule has 0 unspecified atom stereocenters. The number of halogens is 2. The fraction of sp³-hybridized carbons (Fsp3) is 0. The van der Waals surface area contributed by atoms with Crippen LogP contribution in [-0.4, -0.2) is 11.6 Å². The molecule has 3 nitrogen and oxygen atoms in total. The first-order chi connectivity index (χ1) is 13.0. The minimum absolute atomic E-state index is 0.155. The van der Waals surface area contributed by atoms with Crippen molar-refractivity contribution in [3.8, 4) is 0 Å². The zero-order valence-electron chi connectivity index (χ0n) is 14.1. The van der Waals surface area contributed by atoms with Crippen LogP contribution in [0.2, 0.25) is 10.0 Å². The van der Waals surface area contributed by atoms with E-state index in [1.54, 1.807) is 72.8 Å². The Morgan fingerprint density at radius 2 is 1.00 bits per heavy atom. The van der Waals surface area contributed by atoms with Gasteiger partial charge < -0.3 is 4.42 Å². The summed E-state index contributed by atoms with van der Waals surface area (Å²) in [6, 6.07) is 16.7. The second-order valence-corrected chi connectivity index (χ2v) is 6.52. The molecule has 3 rings (SSSR count). The van der Waals surface area contributed by atoms with Crippen molar-refractivity contribution in [3.05, 3.63) is 106 Å². The Hall–Kier alpha value is -2.88. The number of benzene rings is 2. The Labute approximate surface area is 166 Å². The monoisotopic (exact) mass is 396 g/mol. The lowest BCUT2D eigenvalue weighted by Crippen LogP contribution is -1.93. The SMILES string of the molecule is O=C(C=Cc1ccc(C=CC(=O)c2ccc(Cl)cc2)o1)c1ccc(Cl)cc1. The molecule has 0 bridgehead atoms. The lowest BCUT2D eigenvalue weighted by atomic mass is 10.1. The molecule has 0 spiro atoms. The number of hydrogen-bond acceptors (Lipinski definition) is 3. The minimum Gasteiger partial charge on any atom is -0.457 e. The summed E-state index contributed by atoms with van der Waals surface area (Å²) in [6.45, 7) is 0. The van der Waals surface area contributed by atoms with Crippen LogP contribution in [0.1, 0.15) is 32.2 Å². The summed E-state index contributed by atoms with van der Waals surface area (Å²) >= 11 is 11.6. The molecule has 0 aliphatic carbocycles. The summed E-state index contributed by atoms with van der Waals surface area (Å²) in [7, 11) is 0. The molecule has 0 radical (unpaired) electrons. The molecule has 0 atom stereocenters. The topological polar surface area (TPSA) is 47.3 Å². The maximum Gasteiger partial charge on any atom is 0.185 e. The summed E-state index contributed by atoms with van der Waals surface area (Å²) < 4.78 is 5.57. The van der Waals surface area contributed by atoms with E-state index in [0.29, 0.717) is 32.7 Å². The standard InChI is InChI=1S/C22H14Cl2O3/c23-17-5-1-15(2-6-17)21(25)13-11-19-9-10-20(27-19)12-14-22(26)16-3-7-18(24)8-4-16/h1-14H. The Kier molecular flexibility index (Phi) is 6.07. The van der Waals surface area contributed by atoms with E-state index in [9.17, 15) is 9.59 Å². The summed E-state index contributed by atoms with van der Waals surface area (Å²) in [5.74, 6) is 0.711. The molecule has 0 saturated heterocycles. The third-order valence-electron chi connectivity index (χ3n) is 3.70. The second-order valence-electron chi connectivity index (χ2n) is 5.65. The van der Waals surface area contributed by atoms with E-state index in [4.69, 9.17) is 27.6 Å². The van der Waals surface area contributed by atoms with Crippen molar-refractivity contribution in [2.24, 2.45) is 0 Å². The van der Waals surface area contributed by atoms with Gasteiger partial charge in [0.25, 0.3) is 0 Å². The molecule has 1 aromatic heterocycles. The molecule has 134 valence electrons. The van der Waals surface area contributed by atoms with E-state index in [-0.39, 0.29) is 11.6 Å². The highest BCUT2D eigenvalue weighted by atomic mass is 35.5. The highest BCUT2D eigenvalue weighted by Crippen LogP contribution is 2.15. The summed E-state index contributed by atoms with van der Waals surface area (Å²) in [5.41, 5.74) is 1.08. The molecule has 0 fully saturated rings. The van der Waals surface area contributed by atoms with Crippen molar-refractivity contribution in [3.63, 3.8) is 0 Å². The summed E-state index contributed by atoms with van der Waals surface area (Å²) in [4.78, 5) is 24.2. The van der Waals surface area contributed by atoms with E-state index in [2.05, 4.69) is 0 Å². The van der Waals surface area contributed by atoms with Gasteiger partial charge in [-0.15, -0.1) is 0 Å². The third kappa shape index (κ3) is 5.30. The average Bonchev–Trinajstić information content (AvgIpc) is 3.13. The molecular weight excluding hydrogens is 383 g/mol. The van der Waals surface area contributed by atoms with Gasteiger partial charge in [-0.3, -0.25) is 9.59 Å². The predicted molar refractivity (Wildman–Crippen MR) is 108 cm³/mol. The molecule has 0 aliphatic heterocycles. The maximum absolute atomic E-state index is 12.1. The van der Waals surface area contributed by atoms with Crippen molar-refractivity contribution in [2.45, 2.75) is 0 Å². The fourth-order valence-corrected chi connectivity index (χ4v) is 2.54. The number of carbonyl (C=O) groups is 2. The van der Waals surface area contributed by atoms with Crippen LogP contribution in [0.15, 0.2) is 77.2 Å². The summed E-state index contributed by atoms with van der Waals surface area (Å²) in [6.07, 6.45) is 6.01. The first-order valence-electron chi connectivity index (χ1n) is 8.07. The second kappa shape index (κ2) is 8.67. The molecular formula is C22H14Cl2O3. The molecule has 3 aromatic rings. The molecule has 5 heteroatoms. The lowest BCUT2D eigenvalue weighted by molar-refractivity contribution is 0.103. The van der Waals surface area contributed by atoms with Gasteiger partial charge >= 0.3 is 0 Å². The van der Waals surface area contributed by atoms with Gasteiger partial charge in [-0.05, 0) is 85.0 Å². The van der Waals surface area contributed by atoms with Gasteiger partial charge in [0.05, 0.1) is 0 Å². The maximum atomic E-state index is 12.1. The van der Waals surface area contributed by atoms with Crippen LogP contribution >= 0.6 is 23.2 Å². The Morgan fingerprint density at radius 3 is 1.37 bits per heavy atom. The number of hydrogen-bond donors (Lipinski definition) is 0. The fourth-order valence-electron chi connectivity index (χ4n) is 2.28. The van der Waals surface area contributed by atoms with Gasteiger partial charge in [-0.25, -0.2) is 0 Å². The molecule has 0 aliphatic rings. The van der Waals surface area contributed by atoms with Crippen molar-refractivity contribution in [2.75, 3.05) is 0 Å². The van der Waals surface area contributed by atoms with Crippen molar-refractivity contribution < 1.29 is 14.0 Å². The van der Waals surface area contributed by atoms with Gasteiger partial charge in [0.1, 0.15) is 11.5 Å². The zero-order valence-corrected chi connectivity index (χ0v) is 15.6. The van der Waals surface area contributed by atoms with Crippen LogP contribution in [0.25, 0.3) is 12.2 Å². The van der Waals surface area contributed by atoms with Gasteiger partial charge in [0.15, 0.2) is 11.6 Å². The van der Waals surface area contributed by atoms with Gasteiger partial charge in [0, 0.05) is 21.2 Å². The number of rotatable bonds is 6. The first kappa shape index (κ1) is 18.9. The zero-order chi connectivity index (χ0) is 19.2. The highest BCUT2D eigenvalue weighted by molar-refractivity contribution is 6.31. The van der Waals surface area contributed by atoms with E-state index in [0.717, 1.165) is 0 Å². The molecule has 2 aromatic carbocycles. The van der Waals surface area contributed by atoms with Gasteiger partial charge in [-0.2, -0.15) is 0 Å². The van der Waals surface area contributed by atoms with Crippen LogP contribution in [-0.2, 0) is 0 Å². The van der Waals surface area contributed by atoms with E-state index < -0.39 is 0 Å². The highest BCUT2D eigenvalue weighted by Gasteiger charge is 2.04. The van der Waals surface area contributed by atoms with Gasteiger partial charge in [0.2, 0.25) is 0 Å². The smallest absolute Gasteiger partial charge is 0.185 e. The van der Waals surface area contributed by atoms with Crippen LogP contribution in [0, 0.1) is 0 Å². The predicted octanol–water partition coefficient (Wildman–Crippen LogP) is 6.38. The normalized spacial score (nSPS) is 11.3. The number of allylic oxidation sites excluding steroid dienone is 2. The Balaban J connectivity index is 1.64. The third-order valence-corrected chi connectivity index (χ3v) is 4.21. The first-order valence-corrected chi connectivity index (χ1v) is 8.83. The van der Waals surface area contributed by atoms with Gasteiger partial charge in [-0.1, -0.05) is 23.2 Å². The van der Waals surface area contributed by atoms with E-state index >= 15 is 0 Å². The van der Waals surface area contributed by atoms with Crippen molar-refractivity contribution in [1.82, 2.24) is 0 Å². The lowest BCUT2D eigenvalue weighted by Gasteiger charge is -1.95. The largest absolute Gasteiger partial charge is 0.457 e.